The van der Waals surface area contributed by atoms with E-state index >= 15 is 0 Å². The molecule has 1 atom stereocenters. The van der Waals surface area contributed by atoms with Crippen LogP contribution in [0.5, 0.6) is 0 Å². The molecule has 1 rings (SSSR count). The number of hydrogen-bond donors (Lipinski definition) is 0. The third-order valence-electron chi connectivity index (χ3n) is 0.990. The molecule has 0 aliphatic carbocycles. The highest BCUT2D eigenvalue weighted by Crippen LogP contribution is 2.17. The molecule has 0 spiro atoms. The highest BCUT2D eigenvalue weighted by atomic mass is 79.9. The molecule has 0 amide bonds. The van der Waals surface area contributed by atoms with Crippen LogP contribution in [0.15, 0.2) is 6.20 Å². The molecule has 4 nitrogen and oxygen atoms in total. The molecule has 5 heteroatoms. The summed E-state index contributed by atoms with van der Waals surface area (Å²) in [5.74, 6) is 0. The van der Waals surface area contributed by atoms with Crippen LogP contribution in [0.1, 0.15) is 10.5 Å². The molecule has 0 aromatic carbocycles. The molecule has 10 heavy (non-hydrogen) atoms. The number of halogens is 1. The summed E-state index contributed by atoms with van der Waals surface area (Å²) in [4.78, 5) is 1.07. The van der Waals surface area contributed by atoms with Crippen molar-refractivity contribution in [2.24, 2.45) is 7.05 Å². The molecule has 0 saturated carbocycles. The van der Waals surface area contributed by atoms with Crippen molar-refractivity contribution in [1.29, 1.82) is 5.26 Å². The van der Waals surface area contributed by atoms with Crippen molar-refractivity contribution in [3.8, 4) is 6.07 Å². The highest BCUT2D eigenvalue weighted by Gasteiger charge is 2.08. The molecule has 0 saturated heterocycles. The van der Waals surface area contributed by atoms with Crippen LogP contribution < -0.4 is 0 Å². The van der Waals surface area contributed by atoms with Gasteiger partial charge in [0.2, 0.25) is 0 Å². The molecule has 52 valence electrons. The van der Waals surface area contributed by atoms with E-state index in [-0.39, 0.29) is 4.83 Å². The standard InChI is InChI=1S/C5H5BrN4/c1-10-8-3-5(9-10)4(6)2-7/h3-4H,1H3. The van der Waals surface area contributed by atoms with Gasteiger partial charge in [-0.05, 0) is 0 Å². The van der Waals surface area contributed by atoms with Crippen molar-refractivity contribution in [3.63, 3.8) is 0 Å². The molecule has 1 unspecified atom stereocenters. The van der Waals surface area contributed by atoms with Crippen molar-refractivity contribution in [2.75, 3.05) is 0 Å². The fourth-order valence-electron chi connectivity index (χ4n) is 0.544. The molecule has 1 aromatic rings. The Bertz CT molecular complexity index is 261. The lowest BCUT2D eigenvalue weighted by molar-refractivity contribution is 0.647. The van der Waals surface area contributed by atoms with E-state index in [0.29, 0.717) is 5.69 Å². The van der Waals surface area contributed by atoms with Gasteiger partial charge in [-0.2, -0.15) is 20.3 Å². The van der Waals surface area contributed by atoms with E-state index in [4.69, 9.17) is 5.26 Å². The van der Waals surface area contributed by atoms with Gasteiger partial charge in [0.15, 0.2) is 0 Å². The fraction of sp³-hybridized carbons (Fsp3) is 0.400. The summed E-state index contributed by atoms with van der Waals surface area (Å²) in [5.41, 5.74) is 0.644. The Labute approximate surface area is 66.6 Å². The predicted octanol–water partition coefficient (Wildman–Crippen LogP) is 0.775. The number of alkyl halides is 1. The van der Waals surface area contributed by atoms with E-state index in [1.165, 1.54) is 4.80 Å². The first kappa shape index (κ1) is 7.22. The van der Waals surface area contributed by atoms with Gasteiger partial charge in [-0.15, -0.1) is 0 Å². The second kappa shape index (κ2) is 2.80. The van der Waals surface area contributed by atoms with Gasteiger partial charge in [-0.3, -0.25) is 0 Å². The Morgan fingerprint density at radius 1 is 1.90 bits per heavy atom. The molecule has 1 heterocycles. The van der Waals surface area contributed by atoms with Gasteiger partial charge in [0, 0.05) is 7.05 Å². The maximum Gasteiger partial charge on any atom is 0.147 e. The van der Waals surface area contributed by atoms with Crippen LogP contribution in [-0.4, -0.2) is 15.0 Å². The second-order valence-electron chi connectivity index (χ2n) is 1.75. The number of nitrogens with zero attached hydrogens (tertiary/aromatic N) is 4. The minimum atomic E-state index is -0.346. The Morgan fingerprint density at radius 3 is 3.00 bits per heavy atom. The van der Waals surface area contributed by atoms with Gasteiger partial charge >= 0.3 is 0 Å². The van der Waals surface area contributed by atoms with E-state index in [0.717, 1.165) is 0 Å². The molecule has 0 aliphatic rings. The van der Waals surface area contributed by atoms with Gasteiger partial charge in [-0.25, -0.2) is 0 Å². The first-order valence-corrected chi connectivity index (χ1v) is 3.55. The van der Waals surface area contributed by atoms with Crippen LogP contribution in [-0.2, 0) is 7.05 Å². The maximum atomic E-state index is 8.42. The van der Waals surface area contributed by atoms with E-state index in [9.17, 15) is 0 Å². The molecule has 0 bridgehead atoms. The Kier molecular flexibility index (Phi) is 2.02. The summed E-state index contributed by atoms with van der Waals surface area (Å²) in [6.45, 7) is 0. The van der Waals surface area contributed by atoms with E-state index in [1.807, 2.05) is 6.07 Å². The van der Waals surface area contributed by atoms with E-state index in [2.05, 4.69) is 26.1 Å². The van der Waals surface area contributed by atoms with Gasteiger partial charge in [0.25, 0.3) is 0 Å². The third kappa shape index (κ3) is 1.33. The number of rotatable bonds is 1. The average molecular weight is 201 g/mol. The Hall–Kier alpha value is -0.890. The lowest BCUT2D eigenvalue weighted by Crippen LogP contribution is -1.93. The third-order valence-corrected chi connectivity index (χ3v) is 1.66. The quantitative estimate of drug-likeness (QED) is 0.630. The van der Waals surface area contributed by atoms with Crippen LogP contribution in [0.25, 0.3) is 0 Å². The zero-order valence-electron chi connectivity index (χ0n) is 5.32. The first-order chi connectivity index (χ1) is 4.74. The number of aryl methyl sites for hydroxylation is 1. The summed E-state index contributed by atoms with van der Waals surface area (Å²) in [6.07, 6.45) is 1.56. The molecule has 0 aliphatic heterocycles. The van der Waals surface area contributed by atoms with Crippen LogP contribution in [0.2, 0.25) is 0 Å². The van der Waals surface area contributed by atoms with Crippen molar-refractivity contribution < 1.29 is 0 Å². The van der Waals surface area contributed by atoms with Gasteiger partial charge in [0.05, 0.1) is 12.3 Å². The monoisotopic (exact) mass is 200 g/mol. The van der Waals surface area contributed by atoms with Gasteiger partial charge < -0.3 is 0 Å². The van der Waals surface area contributed by atoms with E-state index in [1.54, 1.807) is 13.2 Å². The van der Waals surface area contributed by atoms with Crippen LogP contribution in [0.4, 0.5) is 0 Å². The predicted molar refractivity (Wildman–Crippen MR) is 38.3 cm³/mol. The fourth-order valence-corrected chi connectivity index (χ4v) is 0.754. The molecular weight excluding hydrogens is 196 g/mol. The summed E-state index contributed by atoms with van der Waals surface area (Å²) < 4.78 is 0. The van der Waals surface area contributed by atoms with Crippen molar-refractivity contribution in [2.45, 2.75) is 4.83 Å². The lowest BCUT2D eigenvalue weighted by Gasteiger charge is -1.89. The normalized spacial score (nSPS) is 12.5. The molecule has 1 aromatic heterocycles. The van der Waals surface area contributed by atoms with Crippen LogP contribution >= 0.6 is 15.9 Å². The number of nitriles is 1. The Balaban J connectivity index is 2.87. The summed E-state index contributed by atoms with van der Waals surface area (Å²) >= 11 is 3.12. The zero-order valence-corrected chi connectivity index (χ0v) is 6.91. The minimum absolute atomic E-state index is 0.346. The van der Waals surface area contributed by atoms with E-state index < -0.39 is 0 Å². The zero-order chi connectivity index (χ0) is 7.56. The molecule has 0 fully saturated rings. The SMILES string of the molecule is Cn1ncc(C(Br)C#N)n1. The van der Waals surface area contributed by atoms with Crippen molar-refractivity contribution >= 4 is 15.9 Å². The van der Waals surface area contributed by atoms with Crippen LogP contribution in [0.3, 0.4) is 0 Å². The lowest BCUT2D eigenvalue weighted by atomic mass is 10.4. The van der Waals surface area contributed by atoms with Crippen LogP contribution in [0, 0.1) is 11.3 Å². The Morgan fingerprint density at radius 2 is 2.60 bits per heavy atom. The minimum Gasteiger partial charge on any atom is -0.197 e. The molecule has 0 N–H and O–H groups in total. The summed E-state index contributed by atoms with van der Waals surface area (Å²) in [5, 5.41) is 16.2. The highest BCUT2D eigenvalue weighted by molar-refractivity contribution is 9.09. The van der Waals surface area contributed by atoms with Crippen molar-refractivity contribution in [1.82, 2.24) is 15.0 Å². The van der Waals surface area contributed by atoms with Gasteiger partial charge in [-0.1, -0.05) is 15.9 Å². The largest absolute Gasteiger partial charge is 0.197 e. The topological polar surface area (TPSA) is 54.5 Å². The molecule has 0 radical (unpaired) electrons. The molecular formula is C5H5BrN4. The van der Waals surface area contributed by atoms with Crippen molar-refractivity contribution in [3.05, 3.63) is 11.9 Å². The number of hydrogen-bond acceptors (Lipinski definition) is 3. The average Bonchev–Trinajstić information content (AvgIpc) is 2.34. The first-order valence-electron chi connectivity index (χ1n) is 2.64. The second-order valence-corrected chi connectivity index (χ2v) is 2.67. The van der Waals surface area contributed by atoms with Gasteiger partial charge in [0.1, 0.15) is 10.5 Å². The summed E-state index contributed by atoms with van der Waals surface area (Å²) in [6, 6.07) is 2.00. The maximum absolute atomic E-state index is 8.42. The number of aromatic nitrogens is 3. The smallest absolute Gasteiger partial charge is 0.147 e. The summed E-state index contributed by atoms with van der Waals surface area (Å²) in [7, 11) is 1.71.